The van der Waals surface area contributed by atoms with Crippen molar-refractivity contribution in [2.45, 2.75) is 13.0 Å². The summed E-state index contributed by atoms with van der Waals surface area (Å²) in [6.45, 7) is 1.70. The molecule has 2 N–H and O–H groups in total. The lowest BCUT2D eigenvalue weighted by Crippen LogP contribution is -2.47. The van der Waals surface area contributed by atoms with Crippen molar-refractivity contribution in [3.8, 4) is 5.75 Å². The number of ketones is 1. The van der Waals surface area contributed by atoms with E-state index in [2.05, 4.69) is 10.6 Å². The van der Waals surface area contributed by atoms with Gasteiger partial charge in [-0.05, 0) is 67.6 Å². The van der Waals surface area contributed by atoms with E-state index < -0.39 is 23.9 Å². The average molecular weight is 464 g/mol. The third kappa shape index (κ3) is 4.98. The van der Waals surface area contributed by atoms with Gasteiger partial charge >= 0.3 is 12.0 Å². The van der Waals surface area contributed by atoms with Gasteiger partial charge in [0.05, 0.1) is 24.1 Å². The van der Waals surface area contributed by atoms with E-state index in [1.54, 1.807) is 43.3 Å². The Balaban J connectivity index is 1.53. The molecule has 9 heteroatoms. The number of amides is 2. The fraction of sp³-hybridized carbons (Fsp3) is 0.160. The Bertz CT molecular complexity index is 1220. The van der Waals surface area contributed by atoms with Crippen molar-refractivity contribution in [3.63, 3.8) is 0 Å². The second-order valence-electron chi connectivity index (χ2n) is 7.31. The van der Waals surface area contributed by atoms with Gasteiger partial charge in [-0.15, -0.1) is 0 Å². The fourth-order valence-corrected chi connectivity index (χ4v) is 3.48. The summed E-state index contributed by atoms with van der Waals surface area (Å²) in [5, 5.41) is 5.26. The summed E-state index contributed by atoms with van der Waals surface area (Å²) in [5.41, 5.74) is 1.16. The van der Waals surface area contributed by atoms with Crippen LogP contribution in [0.1, 0.15) is 34.6 Å². The van der Waals surface area contributed by atoms with E-state index in [0.717, 1.165) is 0 Å². The largest absolute Gasteiger partial charge is 0.487 e. The van der Waals surface area contributed by atoms with Crippen LogP contribution in [-0.4, -0.2) is 31.0 Å². The zero-order chi connectivity index (χ0) is 24.1. The van der Waals surface area contributed by atoms with Gasteiger partial charge < -0.3 is 24.5 Å². The topological polar surface area (TPSA) is 107 Å². The number of carbonyl (C=O) groups excluding carboxylic acids is 3. The van der Waals surface area contributed by atoms with Crippen LogP contribution in [0.2, 0.25) is 0 Å². The highest BCUT2D eigenvalue weighted by Crippen LogP contribution is 2.28. The van der Waals surface area contributed by atoms with Gasteiger partial charge in [0.15, 0.2) is 5.78 Å². The van der Waals surface area contributed by atoms with Crippen LogP contribution >= 0.6 is 0 Å². The quantitative estimate of drug-likeness (QED) is 0.387. The normalized spacial score (nSPS) is 15.4. The maximum Gasteiger partial charge on any atom is 0.338 e. The molecule has 0 aliphatic carbocycles. The Kier molecular flexibility index (Phi) is 6.72. The van der Waals surface area contributed by atoms with Crippen molar-refractivity contribution in [1.82, 2.24) is 10.6 Å². The smallest absolute Gasteiger partial charge is 0.338 e. The van der Waals surface area contributed by atoms with E-state index in [1.807, 2.05) is 0 Å². The molecule has 1 aromatic heterocycles. The molecule has 0 unspecified atom stereocenters. The number of urea groups is 1. The van der Waals surface area contributed by atoms with Crippen molar-refractivity contribution in [2.75, 3.05) is 13.2 Å². The molecule has 34 heavy (non-hydrogen) atoms. The molecule has 8 nitrogen and oxygen atoms in total. The van der Waals surface area contributed by atoms with E-state index in [-0.39, 0.29) is 30.3 Å². The monoisotopic (exact) mass is 464 g/mol. The second kappa shape index (κ2) is 10.0. The summed E-state index contributed by atoms with van der Waals surface area (Å²) in [5.74, 6) is -0.509. The van der Waals surface area contributed by atoms with Crippen LogP contribution in [0.3, 0.4) is 0 Å². The number of ether oxygens (including phenoxy) is 2. The van der Waals surface area contributed by atoms with Crippen molar-refractivity contribution >= 4 is 17.8 Å². The summed E-state index contributed by atoms with van der Waals surface area (Å²) >= 11 is 0. The maximum absolute atomic E-state index is 13.1. The minimum atomic E-state index is -0.836. The molecule has 1 aliphatic rings. The van der Waals surface area contributed by atoms with E-state index >= 15 is 0 Å². The van der Waals surface area contributed by atoms with E-state index in [9.17, 15) is 18.8 Å². The molecule has 0 saturated heterocycles. The molecule has 0 fully saturated rings. The van der Waals surface area contributed by atoms with Crippen molar-refractivity contribution in [2.24, 2.45) is 0 Å². The average Bonchev–Trinajstić information content (AvgIpc) is 3.38. The van der Waals surface area contributed by atoms with E-state index in [0.29, 0.717) is 22.6 Å². The third-order valence-electron chi connectivity index (χ3n) is 5.08. The molecular weight excluding hydrogens is 443 g/mol. The first-order chi connectivity index (χ1) is 16.5. The summed E-state index contributed by atoms with van der Waals surface area (Å²) in [7, 11) is 0. The van der Waals surface area contributed by atoms with Crippen LogP contribution in [0, 0.1) is 5.82 Å². The Morgan fingerprint density at radius 3 is 2.32 bits per heavy atom. The number of hydrogen-bond donors (Lipinski definition) is 2. The first-order valence-corrected chi connectivity index (χ1v) is 10.5. The SMILES string of the molecule is CCOC(=O)C1=C(COc2ccc(C(=O)c3ccc(F)cc3)cc2)NC(=O)N[C@H]1c1ccco1. The van der Waals surface area contributed by atoms with Crippen LogP contribution in [0.15, 0.2) is 82.6 Å². The molecule has 0 saturated carbocycles. The third-order valence-corrected chi connectivity index (χ3v) is 5.08. The van der Waals surface area contributed by atoms with Gasteiger partial charge in [-0.2, -0.15) is 0 Å². The van der Waals surface area contributed by atoms with E-state index in [1.165, 1.54) is 30.5 Å². The molecule has 0 spiro atoms. The highest BCUT2D eigenvalue weighted by Gasteiger charge is 2.35. The van der Waals surface area contributed by atoms with Crippen LogP contribution in [-0.2, 0) is 9.53 Å². The number of nitrogens with one attached hydrogen (secondary N) is 2. The van der Waals surface area contributed by atoms with Crippen molar-refractivity contribution in [3.05, 3.63) is 101 Å². The lowest BCUT2D eigenvalue weighted by molar-refractivity contribution is -0.139. The number of halogens is 1. The second-order valence-corrected chi connectivity index (χ2v) is 7.31. The number of esters is 1. The number of rotatable bonds is 8. The van der Waals surface area contributed by atoms with Gasteiger partial charge in [-0.25, -0.2) is 14.0 Å². The summed E-state index contributed by atoms with van der Waals surface area (Å²) in [6, 6.07) is 13.6. The first-order valence-electron chi connectivity index (χ1n) is 10.5. The van der Waals surface area contributed by atoms with Gasteiger partial charge in [0.25, 0.3) is 0 Å². The molecule has 3 aromatic rings. The molecule has 2 aromatic carbocycles. The standard InChI is InChI=1S/C25H21FN2O6/c1-2-32-24(30)21-19(27-25(31)28-22(21)20-4-3-13-33-20)14-34-18-11-7-16(8-12-18)23(29)15-5-9-17(26)10-6-15/h3-13,22H,2,14H2,1H3,(H2,27,28,31)/t22-/m0/s1. The minimum Gasteiger partial charge on any atom is -0.487 e. The van der Waals surface area contributed by atoms with Crippen LogP contribution < -0.4 is 15.4 Å². The zero-order valence-corrected chi connectivity index (χ0v) is 18.2. The highest BCUT2D eigenvalue weighted by molar-refractivity contribution is 6.09. The molecular formula is C25H21FN2O6. The van der Waals surface area contributed by atoms with Gasteiger partial charge in [0.2, 0.25) is 0 Å². The Morgan fingerprint density at radius 2 is 1.71 bits per heavy atom. The number of furan rings is 1. The Labute approximate surface area is 194 Å². The molecule has 1 aliphatic heterocycles. The minimum absolute atomic E-state index is 0.135. The summed E-state index contributed by atoms with van der Waals surface area (Å²) < 4.78 is 29.4. The Morgan fingerprint density at radius 1 is 1.03 bits per heavy atom. The molecule has 0 bridgehead atoms. The Hall–Kier alpha value is -4.40. The van der Waals surface area contributed by atoms with Crippen molar-refractivity contribution < 1.29 is 32.7 Å². The van der Waals surface area contributed by atoms with Gasteiger partial charge in [-0.1, -0.05) is 0 Å². The predicted molar refractivity (Wildman–Crippen MR) is 119 cm³/mol. The van der Waals surface area contributed by atoms with Crippen LogP contribution in [0.5, 0.6) is 5.75 Å². The molecule has 0 radical (unpaired) electrons. The van der Waals surface area contributed by atoms with Crippen LogP contribution in [0.4, 0.5) is 9.18 Å². The maximum atomic E-state index is 13.1. The first kappa shape index (κ1) is 22.8. The molecule has 2 heterocycles. The van der Waals surface area contributed by atoms with Gasteiger partial charge in [0, 0.05) is 11.1 Å². The predicted octanol–water partition coefficient (Wildman–Crippen LogP) is 3.90. The molecule has 2 amide bonds. The molecule has 4 rings (SSSR count). The van der Waals surface area contributed by atoms with Gasteiger partial charge in [0.1, 0.15) is 30.0 Å². The summed E-state index contributed by atoms with van der Waals surface area (Å²) in [4.78, 5) is 37.5. The fourth-order valence-electron chi connectivity index (χ4n) is 3.48. The summed E-state index contributed by atoms with van der Waals surface area (Å²) in [6.07, 6.45) is 1.44. The number of carbonyl (C=O) groups is 3. The lowest BCUT2D eigenvalue weighted by atomic mass is 10.0. The van der Waals surface area contributed by atoms with Gasteiger partial charge in [-0.3, -0.25) is 4.79 Å². The highest BCUT2D eigenvalue weighted by atomic mass is 19.1. The van der Waals surface area contributed by atoms with Crippen LogP contribution in [0.25, 0.3) is 0 Å². The molecule has 1 atom stereocenters. The van der Waals surface area contributed by atoms with E-state index in [4.69, 9.17) is 13.9 Å². The number of hydrogen-bond acceptors (Lipinski definition) is 6. The zero-order valence-electron chi connectivity index (χ0n) is 18.2. The molecule has 174 valence electrons. The van der Waals surface area contributed by atoms with Crippen molar-refractivity contribution in [1.29, 1.82) is 0 Å². The lowest BCUT2D eigenvalue weighted by Gasteiger charge is -2.27. The number of benzene rings is 2.